The number of nitrogens with zero attached hydrogens (tertiary/aromatic N) is 1. The summed E-state index contributed by atoms with van der Waals surface area (Å²) in [5, 5.41) is 3.62. The van der Waals surface area contributed by atoms with Crippen molar-refractivity contribution in [3.8, 4) is 0 Å². The summed E-state index contributed by atoms with van der Waals surface area (Å²) in [7, 11) is 0. The SMILES string of the molecule is CCOC(=O)c1c(NC(=O)CCN2C[C@H](C)O[C@@H](C)C2)sc2c1CCC2. The van der Waals surface area contributed by atoms with Crippen LogP contribution < -0.4 is 5.32 Å². The van der Waals surface area contributed by atoms with Crippen molar-refractivity contribution in [2.24, 2.45) is 0 Å². The molecule has 2 aliphatic rings. The number of ether oxygens (including phenoxy) is 2. The number of aryl methyl sites for hydroxylation is 1. The van der Waals surface area contributed by atoms with E-state index in [4.69, 9.17) is 9.47 Å². The van der Waals surface area contributed by atoms with Crippen molar-refractivity contribution in [1.29, 1.82) is 0 Å². The Hall–Kier alpha value is -1.44. The highest BCUT2D eigenvalue weighted by Gasteiger charge is 2.28. The molecule has 0 spiro atoms. The Morgan fingerprint density at radius 1 is 1.27 bits per heavy atom. The van der Waals surface area contributed by atoms with Gasteiger partial charge in [0.15, 0.2) is 0 Å². The van der Waals surface area contributed by atoms with Crippen LogP contribution in [0.3, 0.4) is 0 Å². The third kappa shape index (κ3) is 4.45. The number of amides is 1. The molecule has 1 fully saturated rings. The van der Waals surface area contributed by atoms with Gasteiger partial charge in [-0.15, -0.1) is 11.3 Å². The van der Waals surface area contributed by atoms with Gasteiger partial charge in [0.25, 0.3) is 0 Å². The van der Waals surface area contributed by atoms with Crippen molar-refractivity contribution >= 4 is 28.2 Å². The van der Waals surface area contributed by atoms with E-state index in [9.17, 15) is 9.59 Å². The summed E-state index contributed by atoms with van der Waals surface area (Å²) in [5.41, 5.74) is 1.64. The number of carbonyl (C=O) groups is 2. The molecule has 1 aliphatic carbocycles. The number of esters is 1. The first-order chi connectivity index (χ1) is 12.5. The van der Waals surface area contributed by atoms with Gasteiger partial charge < -0.3 is 14.8 Å². The summed E-state index contributed by atoms with van der Waals surface area (Å²) in [6.45, 7) is 8.64. The number of morpholine rings is 1. The molecule has 2 atom stereocenters. The molecule has 1 amide bonds. The minimum absolute atomic E-state index is 0.0535. The fraction of sp³-hybridized carbons (Fsp3) is 0.684. The second-order valence-electron chi connectivity index (χ2n) is 7.10. The first-order valence-electron chi connectivity index (χ1n) is 9.47. The molecule has 6 nitrogen and oxygen atoms in total. The normalized spacial score (nSPS) is 22.9. The molecule has 0 saturated carbocycles. The van der Waals surface area contributed by atoms with Crippen molar-refractivity contribution in [2.75, 3.05) is 31.6 Å². The number of hydrogen-bond donors (Lipinski definition) is 1. The van der Waals surface area contributed by atoms with Crippen LogP contribution in [0, 0.1) is 0 Å². The van der Waals surface area contributed by atoms with Crippen LogP contribution in [0.1, 0.15) is 54.4 Å². The van der Waals surface area contributed by atoms with E-state index in [1.807, 2.05) is 0 Å². The van der Waals surface area contributed by atoms with Gasteiger partial charge in [0.2, 0.25) is 5.91 Å². The van der Waals surface area contributed by atoms with Gasteiger partial charge in [-0.3, -0.25) is 9.69 Å². The maximum atomic E-state index is 12.5. The number of hydrogen-bond acceptors (Lipinski definition) is 6. The number of fused-ring (bicyclic) bond motifs is 1. The third-order valence-corrected chi connectivity index (χ3v) is 6.01. The highest BCUT2D eigenvalue weighted by molar-refractivity contribution is 7.17. The number of nitrogens with one attached hydrogen (secondary N) is 1. The molecule has 144 valence electrons. The van der Waals surface area contributed by atoms with Crippen LogP contribution in [0.15, 0.2) is 0 Å². The Balaban J connectivity index is 1.61. The van der Waals surface area contributed by atoms with Crippen LogP contribution in [0.5, 0.6) is 0 Å². The first kappa shape index (κ1) is 19.3. The lowest BCUT2D eigenvalue weighted by atomic mass is 10.1. The molecular formula is C19H28N2O4S. The number of rotatable bonds is 6. The smallest absolute Gasteiger partial charge is 0.341 e. The second kappa shape index (κ2) is 8.50. The largest absolute Gasteiger partial charge is 0.462 e. The summed E-state index contributed by atoms with van der Waals surface area (Å²) >= 11 is 1.53. The molecule has 3 rings (SSSR count). The van der Waals surface area contributed by atoms with Crippen molar-refractivity contribution in [1.82, 2.24) is 4.90 Å². The van der Waals surface area contributed by atoms with Gasteiger partial charge in [-0.25, -0.2) is 4.79 Å². The Kier molecular flexibility index (Phi) is 6.32. The topological polar surface area (TPSA) is 67.9 Å². The molecule has 1 aliphatic heterocycles. The molecule has 1 aromatic rings. The van der Waals surface area contributed by atoms with E-state index in [2.05, 4.69) is 24.1 Å². The zero-order chi connectivity index (χ0) is 18.7. The maximum Gasteiger partial charge on any atom is 0.341 e. The molecule has 1 aromatic heterocycles. The predicted octanol–water partition coefficient (Wildman–Crippen LogP) is 2.85. The lowest BCUT2D eigenvalue weighted by Gasteiger charge is -2.35. The second-order valence-corrected chi connectivity index (χ2v) is 8.20. The minimum Gasteiger partial charge on any atom is -0.462 e. The quantitative estimate of drug-likeness (QED) is 0.769. The average Bonchev–Trinajstić information content (AvgIpc) is 3.12. The van der Waals surface area contributed by atoms with Crippen molar-refractivity contribution in [3.63, 3.8) is 0 Å². The van der Waals surface area contributed by atoms with E-state index in [1.165, 1.54) is 16.2 Å². The zero-order valence-corrected chi connectivity index (χ0v) is 16.6. The monoisotopic (exact) mass is 380 g/mol. The summed E-state index contributed by atoms with van der Waals surface area (Å²) in [4.78, 5) is 28.3. The van der Waals surface area contributed by atoms with E-state index < -0.39 is 0 Å². The molecule has 7 heteroatoms. The molecule has 1 N–H and O–H groups in total. The summed E-state index contributed by atoms with van der Waals surface area (Å²) in [6, 6.07) is 0. The van der Waals surface area contributed by atoms with Crippen molar-refractivity contribution in [3.05, 3.63) is 16.0 Å². The van der Waals surface area contributed by atoms with E-state index in [1.54, 1.807) is 6.92 Å². The van der Waals surface area contributed by atoms with Crippen LogP contribution in [0.2, 0.25) is 0 Å². The average molecular weight is 381 g/mol. The highest BCUT2D eigenvalue weighted by Crippen LogP contribution is 2.39. The van der Waals surface area contributed by atoms with Gasteiger partial charge in [-0.2, -0.15) is 0 Å². The van der Waals surface area contributed by atoms with Gasteiger partial charge >= 0.3 is 5.97 Å². The Morgan fingerprint density at radius 3 is 2.69 bits per heavy atom. The van der Waals surface area contributed by atoms with Crippen LogP contribution in [-0.2, 0) is 27.1 Å². The molecular weight excluding hydrogens is 352 g/mol. The van der Waals surface area contributed by atoms with Gasteiger partial charge in [-0.05, 0) is 45.6 Å². The van der Waals surface area contributed by atoms with E-state index in [0.29, 0.717) is 30.1 Å². The van der Waals surface area contributed by atoms with E-state index >= 15 is 0 Å². The molecule has 0 radical (unpaired) electrons. The predicted molar refractivity (Wildman–Crippen MR) is 102 cm³/mol. The Labute approximate surface area is 158 Å². The molecule has 0 bridgehead atoms. The number of thiophene rings is 1. The standard InChI is InChI=1S/C19H28N2O4S/c1-4-24-19(23)17-14-6-5-7-15(14)26-18(17)20-16(22)8-9-21-10-12(2)25-13(3)11-21/h12-13H,4-11H2,1-3H3,(H,20,22)/t12-,13-/m0/s1. The molecule has 0 aromatic carbocycles. The van der Waals surface area contributed by atoms with Gasteiger partial charge in [0.1, 0.15) is 5.00 Å². The first-order valence-corrected chi connectivity index (χ1v) is 10.3. The summed E-state index contributed by atoms with van der Waals surface area (Å²) in [5.74, 6) is -0.375. The molecule has 26 heavy (non-hydrogen) atoms. The zero-order valence-electron chi connectivity index (χ0n) is 15.8. The fourth-order valence-electron chi connectivity index (χ4n) is 3.83. The van der Waals surface area contributed by atoms with Crippen molar-refractivity contribution in [2.45, 2.75) is 58.7 Å². The third-order valence-electron chi connectivity index (χ3n) is 4.80. The van der Waals surface area contributed by atoms with Crippen LogP contribution >= 0.6 is 11.3 Å². The van der Waals surface area contributed by atoms with Gasteiger partial charge in [0, 0.05) is 30.9 Å². The van der Waals surface area contributed by atoms with Crippen LogP contribution in [0.4, 0.5) is 5.00 Å². The van der Waals surface area contributed by atoms with E-state index in [-0.39, 0.29) is 24.1 Å². The van der Waals surface area contributed by atoms with Crippen LogP contribution in [-0.4, -0.2) is 55.2 Å². The Bertz CT molecular complexity index is 663. The summed E-state index contributed by atoms with van der Waals surface area (Å²) in [6.07, 6.45) is 3.72. The van der Waals surface area contributed by atoms with Gasteiger partial charge in [0.05, 0.1) is 24.4 Å². The lowest BCUT2D eigenvalue weighted by molar-refractivity contribution is -0.117. The minimum atomic E-state index is -0.321. The maximum absolute atomic E-state index is 12.5. The molecule has 2 heterocycles. The fourth-order valence-corrected chi connectivity index (χ4v) is 5.12. The molecule has 1 saturated heterocycles. The molecule has 0 unspecified atom stereocenters. The van der Waals surface area contributed by atoms with Gasteiger partial charge in [-0.1, -0.05) is 0 Å². The Morgan fingerprint density at radius 2 is 2.00 bits per heavy atom. The van der Waals surface area contributed by atoms with Crippen molar-refractivity contribution < 1.29 is 19.1 Å². The summed E-state index contributed by atoms with van der Waals surface area (Å²) < 4.78 is 10.9. The number of carbonyl (C=O) groups excluding carboxylic acids is 2. The van der Waals surface area contributed by atoms with Crippen LogP contribution in [0.25, 0.3) is 0 Å². The highest BCUT2D eigenvalue weighted by atomic mass is 32.1. The lowest BCUT2D eigenvalue weighted by Crippen LogP contribution is -2.46. The van der Waals surface area contributed by atoms with E-state index in [0.717, 1.165) is 37.9 Å². The number of anilines is 1.